The molecule has 0 fully saturated rings. The smallest absolute Gasteiger partial charge is 0.122 e. The summed E-state index contributed by atoms with van der Waals surface area (Å²) in [5, 5.41) is 0. The first-order chi connectivity index (χ1) is 8.97. The normalized spacial score (nSPS) is 19.1. The molecule has 0 radical (unpaired) electrons. The van der Waals surface area contributed by atoms with Crippen molar-refractivity contribution in [3.05, 3.63) is 29.3 Å². The van der Waals surface area contributed by atoms with Gasteiger partial charge < -0.3 is 15.2 Å². The first kappa shape index (κ1) is 14.4. The average Bonchev–Trinajstić information content (AvgIpc) is 2.34. The highest BCUT2D eigenvalue weighted by atomic mass is 16.5. The molecule has 3 nitrogen and oxygen atoms in total. The van der Waals surface area contributed by atoms with Crippen LogP contribution in [0.3, 0.4) is 0 Å². The summed E-state index contributed by atoms with van der Waals surface area (Å²) in [6.45, 7) is 7.35. The molecule has 0 amide bonds. The minimum absolute atomic E-state index is 0.109. The largest absolute Gasteiger partial charge is 0.491 e. The summed E-state index contributed by atoms with van der Waals surface area (Å²) in [4.78, 5) is 0. The molecule has 1 aliphatic carbocycles. The molecule has 1 atom stereocenters. The Balaban J connectivity index is 1.96. The van der Waals surface area contributed by atoms with Crippen LogP contribution in [0, 0.1) is 0 Å². The Hall–Kier alpha value is -1.06. The first-order valence-corrected chi connectivity index (χ1v) is 7.11. The van der Waals surface area contributed by atoms with E-state index in [1.165, 1.54) is 11.1 Å². The van der Waals surface area contributed by atoms with Gasteiger partial charge in [-0.3, -0.25) is 0 Å². The van der Waals surface area contributed by atoms with Crippen molar-refractivity contribution in [2.75, 3.05) is 13.2 Å². The monoisotopic (exact) mass is 263 g/mol. The van der Waals surface area contributed by atoms with Gasteiger partial charge in [-0.15, -0.1) is 0 Å². The summed E-state index contributed by atoms with van der Waals surface area (Å²) in [5.41, 5.74) is 8.58. The minimum Gasteiger partial charge on any atom is -0.491 e. The number of hydrogen-bond acceptors (Lipinski definition) is 3. The van der Waals surface area contributed by atoms with E-state index in [1.54, 1.807) is 0 Å². The summed E-state index contributed by atoms with van der Waals surface area (Å²) >= 11 is 0. The van der Waals surface area contributed by atoms with E-state index in [4.69, 9.17) is 15.2 Å². The van der Waals surface area contributed by atoms with Gasteiger partial charge in [0.2, 0.25) is 0 Å². The molecule has 3 heteroatoms. The Morgan fingerprint density at radius 2 is 2.05 bits per heavy atom. The summed E-state index contributed by atoms with van der Waals surface area (Å²) in [6.07, 6.45) is 3.29. The van der Waals surface area contributed by atoms with Gasteiger partial charge in [-0.05, 0) is 57.2 Å². The van der Waals surface area contributed by atoms with Crippen molar-refractivity contribution in [3.8, 4) is 5.75 Å². The highest BCUT2D eigenvalue weighted by Crippen LogP contribution is 2.33. The maximum absolute atomic E-state index is 6.15. The van der Waals surface area contributed by atoms with Gasteiger partial charge in [0.25, 0.3) is 0 Å². The first-order valence-electron chi connectivity index (χ1n) is 7.11. The molecule has 0 spiro atoms. The second-order valence-electron chi connectivity index (χ2n) is 6.13. The van der Waals surface area contributed by atoms with Crippen molar-refractivity contribution in [1.82, 2.24) is 0 Å². The summed E-state index contributed by atoms with van der Waals surface area (Å²) < 4.78 is 11.5. The summed E-state index contributed by atoms with van der Waals surface area (Å²) in [7, 11) is 0. The van der Waals surface area contributed by atoms with Crippen LogP contribution in [0.1, 0.15) is 50.8 Å². The lowest BCUT2D eigenvalue weighted by atomic mass is 9.88. The molecule has 19 heavy (non-hydrogen) atoms. The van der Waals surface area contributed by atoms with E-state index < -0.39 is 0 Å². The van der Waals surface area contributed by atoms with Gasteiger partial charge in [0, 0.05) is 6.04 Å². The van der Waals surface area contributed by atoms with Crippen molar-refractivity contribution in [2.45, 2.75) is 51.7 Å². The molecule has 1 aliphatic rings. The second-order valence-corrected chi connectivity index (χ2v) is 6.13. The van der Waals surface area contributed by atoms with Gasteiger partial charge in [-0.1, -0.05) is 12.1 Å². The molecule has 2 rings (SSSR count). The third-order valence-electron chi connectivity index (χ3n) is 3.39. The van der Waals surface area contributed by atoms with Crippen LogP contribution in [0.25, 0.3) is 0 Å². The summed E-state index contributed by atoms with van der Waals surface area (Å²) in [5.74, 6) is 0.977. The van der Waals surface area contributed by atoms with E-state index in [-0.39, 0.29) is 11.6 Å². The minimum atomic E-state index is -0.109. The quantitative estimate of drug-likeness (QED) is 0.848. The highest BCUT2D eigenvalue weighted by molar-refractivity contribution is 5.43. The number of benzene rings is 1. The van der Waals surface area contributed by atoms with Crippen LogP contribution in [-0.4, -0.2) is 18.8 Å². The molecular formula is C16H25NO2. The van der Waals surface area contributed by atoms with Crippen molar-refractivity contribution in [1.29, 1.82) is 0 Å². The second kappa shape index (κ2) is 5.93. The molecule has 2 N–H and O–H groups in total. The van der Waals surface area contributed by atoms with Crippen molar-refractivity contribution in [3.63, 3.8) is 0 Å². The van der Waals surface area contributed by atoms with Crippen LogP contribution in [0.15, 0.2) is 18.2 Å². The van der Waals surface area contributed by atoms with E-state index >= 15 is 0 Å². The number of rotatable bonds is 4. The van der Waals surface area contributed by atoms with Crippen molar-refractivity contribution >= 4 is 0 Å². The Morgan fingerprint density at radius 3 is 2.79 bits per heavy atom. The molecule has 0 saturated carbocycles. The zero-order valence-corrected chi connectivity index (χ0v) is 12.2. The molecular weight excluding hydrogens is 238 g/mol. The summed E-state index contributed by atoms with van der Waals surface area (Å²) in [6, 6.07) is 6.36. The third-order valence-corrected chi connectivity index (χ3v) is 3.39. The van der Waals surface area contributed by atoms with Crippen LogP contribution >= 0.6 is 0 Å². The third kappa shape index (κ3) is 3.95. The van der Waals surface area contributed by atoms with Gasteiger partial charge >= 0.3 is 0 Å². The van der Waals surface area contributed by atoms with Gasteiger partial charge in [-0.25, -0.2) is 0 Å². The number of hydrogen-bond donors (Lipinski definition) is 1. The molecule has 0 bridgehead atoms. The molecule has 1 aromatic rings. The van der Waals surface area contributed by atoms with E-state index in [0.29, 0.717) is 13.2 Å². The maximum Gasteiger partial charge on any atom is 0.122 e. The fraction of sp³-hybridized carbons (Fsp3) is 0.625. The SMILES string of the molecule is CC(C)(C)OCCOc1cccc2c1CCCC2N. The zero-order valence-electron chi connectivity index (χ0n) is 12.2. The lowest BCUT2D eigenvalue weighted by Gasteiger charge is -2.25. The Labute approximate surface area is 116 Å². The predicted molar refractivity (Wildman–Crippen MR) is 77.5 cm³/mol. The van der Waals surface area contributed by atoms with Crippen LogP contribution in [0.2, 0.25) is 0 Å². The van der Waals surface area contributed by atoms with Crippen LogP contribution in [0.4, 0.5) is 0 Å². The highest BCUT2D eigenvalue weighted by Gasteiger charge is 2.19. The fourth-order valence-electron chi connectivity index (χ4n) is 2.49. The number of fused-ring (bicyclic) bond motifs is 1. The molecule has 0 heterocycles. The molecule has 106 valence electrons. The van der Waals surface area contributed by atoms with E-state index in [9.17, 15) is 0 Å². The van der Waals surface area contributed by atoms with E-state index in [1.807, 2.05) is 12.1 Å². The Morgan fingerprint density at radius 1 is 1.26 bits per heavy atom. The fourth-order valence-corrected chi connectivity index (χ4v) is 2.49. The van der Waals surface area contributed by atoms with Gasteiger partial charge in [0.15, 0.2) is 0 Å². The predicted octanol–water partition coefficient (Wildman–Crippen LogP) is 3.22. The lowest BCUT2D eigenvalue weighted by Crippen LogP contribution is -2.23. The molecule has 1 aromatic carbocycles. The number of nitrogens with two attached hydrogens (primary N) is 1. The van der Waals surface area contributed by atoms with Gasteiger partial charge in [0.05, 0.1) is 12.2 Å². The zero-order chi connectivity index (χ0) is 13.9. The van der Waals surface area contributed by atoms with Gasteiger partial charge in [-0.2, -0.15) is 0 Å². The molecule has 0 saturated heterocycles. The van der Waals surface area contributed by atoms with Gasteiger partial charge in [0.1, 0.15) is 12.4 Å². The average molecular weight is 263 g/mol. The molecule has 0 aliphatic heterocycles. The van der Waals surface area contributed by atoms with Crippen LogP contribution in [0.5, 0.6) is 5.75 Å². The topological polar surface area (TPSA) is 44.5 Å². The molecule has 0 aromatic heterocycles. The molecule has 1 unspecified atom stereocenters. The number of ether oxygens (including phenoxy) is 2. The van der Waals surface area contributed by atoms with E-state index in [0.717, 1.165) is 25.0 Å². The van der Waals surface area contributed by atoms with Crippen molar-refractivity contribution in [2.24, 2.45) is 5.73 Å². The maximum atomic E-state index is 6.15. The Kier molecular flexibility index (Phi) is 4.48. The Bertz CT molecular complexity index is 423. The van der Waals surface area contributed by atoms with E-state index in [2.05, 4.69) is 26.8 Å². The lowest BCUT2D eigenvalue weighted by molar-refractivity contribution is -0.0164. The van der Waals surface area contributed by atoms with Crippen molar-refractivity contribution < 1.29 is 9.47 Å². The van der Waals surface area contributed by atoms with Crippen LogP contribution in [-0.2, 0) is 11.2 Å². The standard InChI is InChI=1S/C16H25NO2/c1-16(2,3)19-11-10-18-15-9-5-6-12-13(15)7-4-8-14(12)17/h5-6,9,14H,4,7-8,10-11,17H2,1-3H3. The van der Waals surface area contributed by atoms with Crippen LogP contribution < -0.4 is 10.5 Å².